The van der Waals surface area contributed by atoms with Gasteiger partial charge in [0.1, 0.15) is 0 Å². The van der Waals surface area contributed by atoms with Gasteiger partial charge >= 0.3 is 11.9 Å². The van der Waals surface area contributed by atoms with Crippen LogP contribution in [0.15, 0.2) is 40.7 Å². The number of rotatable bonds is 4. The number of benzene rings is 1. The zero-order valence-electron chi connectivity index (χ0n) is 16.9. The van der Waals surface area contributed by atoms with Gasteiger partial charge in [-0.15, -0.1) is 0 Å². The molecule has 5 nitrogen and oxygen atoms in total. The highest BCUT2D eigenvalue weighted by atomic mass is 35.5. The normalized spacial score (nSPS) is 19.6. The average Bonchev–Trinajstić information content (AvgIpc) is 2.55. The lowest BCUT2D eigenvalue weighted by Crippen LogP contribution is -2.32. The second kappa shape index (κ2) is 7.93. The van der Waals surface area contributed by atoms with Crippen molar-refractivity contribution in [1.29, 1.82) is 0 Å². The molecule has 0 spiro atoms. The fourth-order valence-electron chi connectivity index (χ4n) is 2.85. The molecular formula is C18H19Cl2NO4. The van der Waals surface area contributed by atoms with Crippen LogP contribution in [0.25, 0.3) is 0 Å². The molecule has 25 heavy (non-hydrogen) atoms. The maximum absolute atomic E-state index is 12.7. The van der Waals surface area contributed by atoms with E-state index in [4.69, 9.17) is 32.1 Å². The van der Waals surface area contributed by atoms with Crippen LogP contribution in [0.3, 0.4) is 0 Å². The molecule has 134 valence electrons. The summed E-state index contributed by atoms with van der Waals surface area (Å²) >= 11 is 12.5. The molecule has 1 N–H and O–H groups in total. The van der Waals surface area contributed by atoms with Gasteiger partial charge in [0.15, 0.2) is 0 Å². The Morgan fingerprint density at radius 2 is 1.84 bits per heavy atom. The second-order valence-electron chi connectivity index (χ2n) is 5.39. The number of halogens is 2. The highest BCUT2D eigenvalue weighted by Crippen LogP contribution is 2.43. The van der Waals surface area contributed by atoms with Gasteiger partial charge in [0.2, 0.25) is 0 Å². The van der Waals surface area contributed by atoms with E-state index in [1.807, 2.05) is 0 Å². The van der Waals surface area contributed by atoms with Crippen LogP contribution in [-0.2, 0) is 19.1 Å². The summed E-state index contributed by atoms with van der Waals surface area (Å²) in [6.45, 7) is 4.99. The minimum atomic E-state index is -2.95. The predicted molar refractivity (Wildman–Crippen MR) is 96.4 cm³/mol. The van der Waals surface area contributed by atoms with Crippen molar-refractivity contribution in [2.45, 2.75) is 26.7 Å². The third-order valence-corrected chi connectivity index (χ3v) is 4.69. The molecule has 0 aromatic heterocycles. The molecule has 0 aliphatic carbocycles. The topological polar surface area (TPSA) is 64.6 Å². The number of ether oxygens (including phenoxy) is 2. The second-order valence-corrected chi connectivity index (χ2v) is 6.17. The molecule has 1 unspecified atom stereocenters. The van der Waals surface area contributed by atoms with Crippen LogP contribution in [0, 0.1) is 0 Å². The summed E-state index contributed by atoms with van der Waals surface area (Å²) in [5.41, 5.74) is 1.20. The number of nitrogens with one attached hydrogen (secondary N) is 1. The minimum absolute atomic E-state index is 0.0612. The number of dihydropyridines is 1. The van der Waals surface area contributed by atoms with E-state index in [0.717, 1.165) is 0 Å². The fourth-order valence-corrected chi connectivity index (χ4v) is 3.27. The van der Waals surface area contributed by atoms with Crippen molar-refractivity contribution >= 4 is 35.1 Å². The highest BCUT2D eigenvalue weighted by Gasteiger charge is 2.38. The van der Waals surface area contributed by atoms with E-state index in [1.165, 1.54) is 0 Å². The summed E-state index contributed by atoms with van der Waals surface area (Å²) in [7, 11) is -2.95. The molecule has 7 heteroatoms. The number of hydrogen-bond acceptors (Lipinski definition) is 5. The highest BCUT2D eigenvalue weighted by molar-refractivity contribution is 6.42. The van der Waals surface area contributed by atoms with Gasteiger partial charge in [0, 0.05) is 11.4 Å². The van der Waals surface area contributed by atoms with Gasteiger partial charge in [-0.2, -0.15) is 0 Å². The van der Waals surface area contributed by atoms with Gasteiger partial charge < -0.3 is 14.8 Å². The summed E-state index contributed by atoms with van der Waals surface area (Å²) in [4.78, 5) is 25.4. The molecule has 1 atom stereocenters. The van der Waals surface area contributed by atoms with Crippen molar-refractivity contribution in [1.82, 2.24) is 5.32 Å². The summed E-state index contributed by atoms with van der Waals surface area (Å²) in [6.07, 6.45) is 0. The Hall–Kier alpha value is -1.98. The molecule has 0 saturated carbocycles. The van der Waals surface area contributed by atoms with E-state index < -0.39 is 24.9 Å². The molecule has 0 amide bonds. The van der Waals surface area contributed by atoms with Gasteiger partial charge in [-0.05, 0) is 32.4 Å². The quantitative estimate of drug-likeness (QED) is 0.625. The zero-order valence-corrected chi connectivity index (χ0v) is 15.4. The molecule has 1 aromatic carbocycles. The van der Waals surface area contributed by atoms with Crippen LogP contribution in [0.4, 0.5) is 0 Å². The van der Waals surface area contributed by atoms with Crippen LogP contribution in [0.1, 0.15) is 36.4 Å². The van der Waals surface area contributed by atoms with Gasteiger partial charge in [0.25, 0.3) is 0 Å². The third-order valence-electron chi connectivity index (χ3n) is 3.86. The Kier molecular flexibility index (Phi) is 4.85. The molecule has 2 rings (SSSR count). The zero-order chi connectivity index (χ0) is 21.2. The lowest BCUT2D eigenvalue weighted by atomic mass is 9.80. The lowest BCUT2D eigenvalue weighted by Gasteiger charge is -2.30. The van der Waals surface area contributed by atoms with E-state index in [-0.39, 0.29) is 27.8 Å². The molecule has 1 heterocycles. The molecule has 0 radical (unpaired) electrons. The first-order valence-corrected chi connectivity index (χ1v) is 8.26. The Bertz CT molecular complexity index is 878. The summed E-state index contributed by atoms with van der Waals surface area (Å²) in [5, 5.41) is 3.28. The number of hydrogen-bond donors (Lipinski definition) is 1. The first-order chi connectivity index (χ1) is 13.0. The van der Waals surface area contributed by atoms with Gasteiger partial charge in [-0.3, -0.25) is 0 Å². The number of esters is 2. The monoisotopic (exact) mass is 387 g/mol. The predicted octanol–water partition coefficient (Wildman–Crippen LogP) is 3.96. The van der Waals surface area contributed by atoms with Crippen molar-refractivity contribution in [2.24, 2.45) is 0 Å². The van der Waals surface area contributed by atoms with E-state index in [2.05, 4.69) is 10.1 Å². The summed E-state index contributed by atoms with van der Waals surface area (Å²) in [6, 6.07) is 4.78. The third kappa shape index (κ3) is 3.67. The van der Waals surface area contributed by atoms with Crippen LogP contribution in [0.5, 0.6) is 0 Å². The largest absolute Gasteiger partial charge is 0.466 e. The first-order valence-electron chi connectivity index (χ1n) is 9.00. The van der Waals surface area contributed by atoms with E-state index in [0.29, 0.717) is 17.0 Å². The lowest BCUT2D eigenvalue weighted by molar-refractivity contribution is -0.139. The fraction of sp³-hybridized carbons (Fsp3) is 0.333. The molecule has 0 fully saturated rings. The minimum Gasteiger partial charge on any atom is -0.466 e. The molecule has 1 aliphatic rings. The standard InChI is InChI=1S/C18H19Cl2NO4/c1-5-25-18(23)14-10(3)21-9(2)13(17(22)24-4)15(14)11-7-6-8-12(19)16(11)20/h6-8,15,21H,5H2,1-4H3/i4+1D3. The van der Waals surface area contributed by atoms with Crippen LogP contribution in [-0.4, -0.2) is 25.6 Å². The van der Waals surface area contributed by atoms with E-state index >= 15 is 0 Å². The smallest absolute Gasteiger partial charge is 0.336 e. The molecule has 0 bridgehead atoms. The molecular weight excluding hydrogens is 366 g/mol. The number of methoxy groups -OCH3 is 1. The Labute approximate surface area is 160 Å². The Morgan fingerprint density at radius 1 is 1.20 bits per heavy atom. The van der Waals surface area contributed by atoms with Gasteiger partial charge in [0.05, 0.1) is 44.9 Å². The van der Waals surface area contributed by atoms with E-state index in [9.17, 15) is 9.59 Å². The number of carbonyl (C=O) groups is 2. The van der Waals surface area contributed by atoms with Crippen molar-refractivity contribution in [3.8, 4) is 0 Å². The molecule has 1 aromatic rings. The van der Waals surface area contributed by atoms with Gasteiger partial charge in [-0.25, -0.2) is 9.59 Å². The maximum Gasteiger partial charge on any atom is 0.336 e. The first kappa shape index (κ1) is 15.3. The van der Waals surface area contributed by atoms with Crippen molar-refractivity contribution in [3.63, 3.8) is 0 Å². The van der Waals surface area contributed by atoms with Crippen molar-refractivity contribution in [2.75, 3.05) is 13.6 Å². The van der Waals surface area contributed by atoms with Crippen LogP contribution < -0.4 is 5.32 Å². The van der Waals surface area contributed by atoms with Crippen LogP contribution in [0.2, 0.25) is 10.0 Å². The van der Waals surface area contributed by atoms with E-state index in [1.54, 1.807) is 39.0 Å². The summed E-state index contributed by atoms with van der Waals surface area (Å²) < 4.78 is 31.4. The maximum atomic E-state index is 12.7. The van der Waals surface area contributed by atoms with Crippen LogP contribution >= 0.6 is 23.2 Å². The van der Waals surface area contributed by atoms with Crippen molar-refractivity contribution in [3.05, 3.63) is 56.3 Å². The SMILES string of the molecule is [2H][13C]([2H])([2H])OC(=O)C1=C(C)NC(C)=C(C(=O)OCC)C1c1cccc(Cl)c1Cl. The molecule has 0 saturated heterocycles. The summed E-state index contributed by atoms with van der Waals surface area (Å²) in [5.74, 6) is -2.78. The van der Waals surface area contributed by atoms with Gasteiger partial charge in [-0.1, -0.05) is 35.3 Å². The number of allylic oxidation sites excluding steroid dienone is 2. The van der Waals surface area contributed by atoms with Crippen molar-refractivity contribution < 1.29 is 23.2 Å². The Morgan fingerprint density at radius 3 is 2.44 bits per heavy atom. The molecule has 1 aliphatic heterocycles. The number of carbonyl (C=O) groups excluding carboxylic acids is 2. The average molecular weight is 388 g/mol. The Balaban J connectivity index is 2.71.